The number of ether oxygens (including phenoxy) is 1. The molecule has 0 aromatic carbocycles. The molecule has 0 aromatic heterocycles. The first-order valence-corrected chi connectivity index (χ1v) is 6.08. The Hall–Kier alpha value is -1.13. The van der Waals surface area contributed by atoms with Gasteiger partial charge in [-0.1, -0.05) is 0 Å². The third-order valence-electron chi connectivity index (χ3n) is 2.91. The van der Waals surface area contributed by atoms with Crippen LogP contribution in [-0.4, -0.2) is 66.6 Å². The summed E-state index contributed by atoms with van der Waals surface area (Å²) in [5.41, 5.74) is 0. The molecule has 0 aliphatic carbocycles. The molecule has 1 N–H and O–H groups in total. The topological polar surface area (TPSA) is 29.5 Å². The minimum Gasteiger partial charge on any atom is -0.394 e. The van der Waals surface area contributed by atoms with Crippen LogP contribution in [0, 0.1) is 0 Å². The van der Waals surface area contributed by atoms with E-state index in [0.29, 0.717) is 0 Å². The maximum atomic E-state index is 13.1. The zero-order valence-corrected chi connectivity index (χ0v) is 12.1. The molecule has 0 saturated carbocycles. The molecule has 2 nitrogen and oxygen atoms in total. The van der Waals surface area contributed by atoms with Gasteiger partial charge in [-0.15, -0.1) is 0 Å². The van der Waals surface area contributed by atoms with Crippen molar-refractivity contribution in [1.82, 2.24) is 0 Å². The monoisotopic (exact) mass is 444 g/mol. The van der Waals surface area contributed by atoms with Gasteiger partial charge in [-0.2, -0.15) is 65.9 Å². The largest absolute Gasteiger partial charge is 0.460 e. The average molecular weight is 444 g/mol. The highest BCUT2D eigenvalue weighted by Gasteiger charge is 2.93. The van der Waals surface area contributed by atoms with Crippen LogP contribution in [0.3, 0.4) is 0 Å². The highest BCUT2D eigenvalue weighted by molar-refractivity contribution is 5.13. The molecule has 0 saturated heterocycles. The van der Waals surface area contributed by atoms with Gasteiger partial charge in [0.05, 0.1) is 13.2 Å². The molecular formula is C10H7F15O2. The van der Waals surface area contributed by atoms with Crippen LogP contribution >= 0.6 is 0 Å². The second-order valence-electron chi connectivity index (χ2n) is 4.85. The minimum atomic E-state index is -8.30. The van der Waals surface area contributed by atoms with Gasteiger partial charge in [0.1, 0.15) is 6.61 Å². The maximum absolute atomic E-state index is 13.1. The third-order valence-corrected chi connectivity index (χ3v) is 2.91. The molecule has 0 atom stereocenters. The molecule has 0 amide bonds. The second kappa shape index (κ2) is 7.04. The summed E-state index contributed by atoms with van der Waals surface area (Å²) in [5, 5.41) is 8.11. The normalized spacial score (nSPS) is 16.0. The van der Waals surface area contributed by atoms with E-state index < -0.39 is 61.5 Å². The molecule has 27 heavy (non-hydrogen) atoms. The first-order chi connectivity index (χ1) is 11.6. The number of alkyl halides is 15. The molecule has 0 unspecified atom stereocenters. The van der Waals surface area contributed by atoms with Gasteiger partial charge in [-0.25, -0.2) is 0 Å². The smallest absolute Gasteiger partial charge is 0.394 e. The van der Waals surface area contributed by atoms with Gasteiger partial charge in [0.2, 0.25) is 0 Å². The first kappa shape index (κ1) is 25.9. The molecule has 17 heteroatoms. The number of hydrogen-bond donors (Lipinski definition) is 1. The molecule has 0 aliphatic heterocycles. The van der Waals surface area contributed by atoms with Crippen LogP contribution in [0.1, 0.15) is 0 Å². The van der Waals surface area contributed by atoms with Crippen molar-refractivity contribution in [2.45, 2.75) is 41.7 Å². The van der Waals surface area contributed by atoms with Gasteiger partial charge < -0.3 is 9.84 Å². The third kappa shape index (κ3) is 3.75. The molecule has 0 aromatic rings. The van der Waals surface area contributed by atoms with Crippen LogP contribution in [0.15, 0.2) is 0 Å². The predicted octanol–water partition coefficient (Wildman–Crippen LogP) is 4.37. The molecule has 0 aliphatic rings. The Morgan fingerprint density at radius 2 is 0.852 bits per heavy atom. The highest BCUT2D eigenvalue weighted by atomic mass is 19.4. The van der Waals surface area contributed by atoms with Crippen molar-refractivity contribution < 1.29 is 75.7 Å². The molecule has 0 bridgehead atoms. The van der Waals surface area contributed by atoms with Crippen molar-refractivity contribution in [3.05, 3.63) is 0 Å². The summed E-state index contributed by atoms with van der Waals surface area (Å²) in [6.07, 6.45) is -7.63. The summed E-state index contributed by atoms with van der Waals surface area (Å²) in [6, 6.07) is 0. The Morgan fingerprint density at radius 3 is 1.19 bits per heavy atom. The van der Waals surface area contributed by atoms with Gasteiger partial charge in [-0.3, -0.25) is 0 Å². The van der Waals surface area contributed by atoms with Gasteiger partial charge in [0, 0.05) is 0 Å². The number of hydrogen-bond acceptors (Lipinski definition) is 2. The van der Waals surface area contributed by atoms with E-state index >= 15 is 0 Å². The van der Waals surface area contributed by atoms with Gasteiger partial charge in [0.25, 0.3) is 0 Å². The maximum Gasteiger partial charge on any atom is 0.460 e. The molecule has 164 valence electrons. The predicted molar refractivity (Wildman–Crippen MR) is 53.6 cm³/mol. The fourth-order valence-electron chi connectivity index (χ4n) is 1.35. The summed E-state index contributed by atoms with van der Waals surface area (Å²) in [5.74, 6) is -46.7. The van der Waals surface area contributed by atoms with Crippen LogP contribution in [0.2, 0.25) is 0 Å². The number of rotatable bonds is 9. The Kier molecular flexibility index (Phi) is 6.74. The van der Waals surface area contributed by atoms with E-state index in [1.807, 2.05) is 0 Å². The van der Waals surface area contributed by atoms with Crippen molar-refractivity contribution in [2.24, 2.45) is 0 Å². The summed E-state index contributed by atoms with van der Waals surface area (Å²) in [7, 11) is 0. The lowest BCUT2D eigenvalue weighted by Crippen LogP contribution is -2.73. The zero-order chi connectivity index (χ0) is 22.3. The number of aliphatic hydroxyl groups excluding tert-OH is 1. The fourth-order valence-corrected chi connectivity index (χ4v) is 1.35. The zero-order valence-electron chi connectivity index (χ0n) is 12.1. The molecular weight excluding hydrogens is 437 g/mol. The van der Waals surface area contributed by atoms with Crippen LogP contribution in [0.4, 0.5) is 65.9 Å². The van der Waals surface area contributed by atoms with E-state index in [1.54, 1.807) is 0 Å². The van der Waals surface area contributed by atoms with Gasteiger partial charge in [-0.05, 0) is 0 Å². The Balaban J connectivity index is 6.23. The van der Waals surface area contributed by atoms with E-state index in [0.717, 1.165) is 0 Å². The van der Waals surface area contributed by atoms with Gasteiger partial charge in [0.15, 0.2) is 0 Å². The summed E-state index contributed by atoms with van der Waals surface area (Å²) in [6.45, 7) is -5.33. The molecule has 0 radical (unpaired) electrons. The van der Waals surface area contributed by atoms with E-state index in [2.05, 4.69) is 4.74 Å². The lowest BCUT2D eigenvalue weighted by atomic mass is 9.91. The van der Waals surface area contributed by atoms with Crippen molar-refractivity contribution in [3.8, 4) is 0 Å². The lowest BCUT2D eigenvalue weighted by Gasteiger charge is -2.41. The summed E-state index contributed by atoms with van der Waals surface area (Å²) < 4.78 is 194. The van der Waals surface area contributed by atoms with E-state index in [4.69, 9.17) is 5.11 Å². The quantitative estimate of drug-likeness (QED) is 0.423. The van der Waals surface area contributed by atoms with E-state index in [9.17, 15) is 65.9 Å². The minimum absolute atomic E-state index is 1.18. The molecule has 0 heterocycles. The van der Waals surface area contributed by atoms with Gasteiger partial charge >= 0.3 is 41.7 Å². The highest BCUT2D eigenvalue weighted by Crippen LogP contribution is 2.62. The Morgan fingerprint density at radius 1 is 0.519 bits per heavy atom. The SMILES string of the molecule is OCCOCC(F)(F)C(F)(F)C(F)(F)C(F)(F)C(F)(F)C(F)(F)C(F)(F)F. The Labute approximate surface area is 138 Å². The fraction of sp³-hybridized carbons (Fsp3) is 1.00. The van der Waals surface area contributed by atoms with E-state index in [-0.39, 0.29) is 0 Å². The van der Waals surface area contributed by atoms with Crippen molar-refractivity contribution >= 4 is 0 Å². The molecule has 0 rings (SSSR count). The van der Waals surface area contributed by atoms with Crippen LogP contribution in [0.5, 0.6) is 0 Å². The molecule has 0 spiro atoms. The summed E-state index contributed by atoms with van der Waals surface area (Å²) >= 11 is 0. The van der Waals surface area contributed by atoms with Crippen LogP contribution in [-0.2, 0) is 4.74 Å². The average Bonchev–Trinajstić information content (AvgIpc) is 2.45. The van der Waals surface area contributed by atoms with Crippen molar-refractivity contribution in [3.63, 3.8) is 0 Å². The van der Waals surface area contributed by atoms with Crippen molar-refractivity contribution in [1.29, 1.82) is 0 Å². The van der Waals surface area contributed by atoms with E-state index in [1.165, 1.54) is 0 Å². The first-order valence-electron chi connectivity index (χ1n) is 6.08. The van der Waals surface area contributed by atoms with Crippen LogP contribution in [0.25, 0.3) is 0 Å². The number of aliphatic hydroxyl groups is 1. The lowest BCUT2D eigenvalue weighted by molar-refractivity contribution is -0.453. The molecule has 0 fully saturated rings. The van der Waals surface area contributed by atoms with Crippen molar-refractivity contribution in [2.75, 3.05) is 19.8 Å². The Bertz CT molecular complexity index is 509. The standard InChI is InChI=1S/C10H7F15O2/c11-4(12,3-27-2-1-26)5(13,14)6(15,16)7(17,18)8(19,20)9(21,22)10(23,24)25/h26H,1-3H2. The number of halogens is 15. The second-order valence-corrected chi connectivity index (χ2v) is 4.85. The van der Waals surface area contributed by atoms with Crippen LogP contribution < -0.4 is 0 Å². The summed E-state index contributed by atoms with van der Waals surface area (Å²) in [4.78, 5) is 0.